The SMILES string of the molecule is CN(C)C[CH2][Sn]([CH3])([CH2]CN(C)C)[CH2]CN(C)C. The Morgan fingerprint density at radius 2 is 0.824 bits per heavy atom. The van der Waals surface area contributed by atoms with Gasteiger partial charge in [-0.3, -0.25) is 0 Å². The van der Waals surface area contributed by atoms with Gasteiger partial charge in [-0.05, 0) is 0 Å². The van der Waals surface area contributed by atoms with Crippen molar-refractivity contribution in [2.75, 3.05) is 61.9 Å². The molecule has 0 atom stereocenters. The Morgan fingerprint density at radius 1 is 0.588 bits per heavy atom. The van der Waals surface area contributed by atoms with Crippen LogP contribution in [-0.2, 0) is 0 Å². The molecule has 0 aromatic carbocycles. The Morgan fingerprint density at radius 3 is 1.00 bits per heavy atom. The van der Waals surface area contributed by atoms with Crippen LogP contribution in [0.1, 0.15) is 0 Å². The summed E-state index contributed by atoms with van der Waals surface area (Å²) < 4.78 is 4.51. The summed E-state index contributed by atoms with van der Waals surface area (Å²) in [6.07, 6.45) is 0. The first-order valence-corrected chi connectivity index (χ1v) is 15.6. The fourth-order valence-corrected chi connectivity index (χ4v) is 12.4. The standard InChI is InChI=1S/3C4H10N.CH3.Sn/c3*1-4-5(2)3;;/h3*1,4H2,2-3H3;1H3;. The Balaban J connectivity index is 4.23. The van der Waals surface area contributed by atoms with Crippen LogP contribution in [0.25, 0.3) is 0 Å². The van der Waals surface area contributed by atoms with Crippen LogP contribution < -0.4 is 0 Å². The molecule has 0 unspecified atom stereocenters. The fraction of sp³-hybridized carbons (Fsp3) is 1.00. The van der Waals surface area contributed by atoms with Crippen molar-refractivity contribution in [1.29, 1.82) is 0 Å². The molecule has 0 aliphatic carbocycles. The van der Waals surface area contributed by atoms with E-state index in [1.165, 1.54) is 32.9 Å². The molecule has 0 fully saturated rings. The molecule has 0 bridgehead atoms. The molecule has 0 aliphatic heterocycles. The van der Waals surface area contributed by atoms with E-state index in [0.717, 1.165) is 0 Å². The number of rotatable bonds is 9. The first kappa shape index (κ1) is 17.7. The number of hydrogen-bond donors (Lipinski definition) is 0. The first-order chi connectivity index (χ1) is 7.75. The molecule has 0 rings (SSSR count). The minimum atomic E-state index is -1.85. The van der Waals surface area contributed by atoms with Gasteiger partial charge in [-0.25, -0.2) is 0 Å². The van der Waals surface area contributed by atoms with Gasteiger partial charge in [0, 0.05) is 0 Å². The van der Waals surface area contributed by atoms with E-state index in [-0.39, 0.29) is 0 Å². The van der Waals surface area contributed by atoms with Crippen molar-refractivity contribution >= 4 is 18.4 Å². The summed E-state index contributed by atoms with van der Waals surface area (Å²) in [5.41, 5.74) is 0. The molecule has 0 saturated carbocycles. The second kappa shape index (κ2) is 8.72. The normalized spacial score (nSPS) is 13.1. The van der Waals surface area contributed by atoms with Crippen molar-refractivity contribution in [2.45, 2.75) is 18.2 Å². The molecule has 0 aliphatic rings. The molecule has 0 N–H and O–H groups in total. The number of hydrogen-bond acceptors (Lipinski definition) is 3. The molecule has 4 heteroatoms. The molecule has 0 aromatic rings. The third kappa shape index (κ3) is 10.3. The summed E-state index contributed by atoms with van der Waals surface area (Å²) in [4.78, 5) is 9.70. The first-order valence-electron chi connectivity index (χ1n) is 6.69. The van der Waals surface area contributed by atoms with Crippen molar-refractivity contribution in [3.05, 3.63) is 0 Å². The van der Waals surface area contributed by atoms with E-state index < -0.39 is 18.4 Å². The van der Waals surface area contributed by atoms with Crippen molar-refractivity contribution in [3.8, 4) is 0 Å². The molecular weight excluding hydrogens is 317 g/mol. The average Bonchev–Trinajstić information content (AvgIpc) is 2.21. The van der Waals surface area contributed by atoms with Crippen LogP contribution in [-0.4, -0.2) is 95.0 Å². The van der Waals surface area contributed by atoms with E-state index in [9.17, 15) is 0 Å². The van der Waals surface area contributed by atoms with Gasteiger partial charge in [0.25, 0.3) is 0 Å². The predicted molar refractivity (Wildman–Crippen MR) is 81.7 cm³/mol. The van der Waals surface area contributed by atoms with Crippen LogP contribution >= 0.6 is 0 Å². The average molecular weight is 350 g/mol. The van der Waals surface area contributed by atoms with Gasteiger partial charge < -0.3 is 0 Å². The fourth-order valence-electron chi connectivity index (χ4n) is 1.86. The van der Waals surface area contributed by atoms with E-state index in [1.807, 2.05) is 0 Å². The van der Waals surface area contributed by atoms with Gasteiger partial charge in [-0.2, -0.15) is 0 Å². The maximum atomic E-state index is 2.66. The van der Waals surface area contributed by atoms with Crippen molar-refractivity contribution in [1.82, 2.24) is 14.7 Å². The molecule has 0 aromatic heterocycles. The van der Waals surface area contributed by atoms with Gasteiger partial charge in [0.2, 0.25) is 0 Å². The zero-order chi connectivity index (χ0) is 13.5. The molecule has 0 amide bonds. The quantitative estimate of drug-likeness (QED) is 0.587. The molecule has 0 spiro atoms. The second-order valence-electron chi connectivity index (χ2n) is 6.47. The Hall–Kier alpha value is 0.679. The van der Waals surface area contributed by atoms with Crippen LogP contribution in [0.4, 0.5) is 0 Å². The van der Waals surface area contributed by atoms with Crippen LogP contribution in [0.2, 0.25) is 18.2 Å². The van der Waals surface area contributed by atoms with E-state index in [0.29, 0.717) is 0 Å². The zero-order valence-corrected chi connectivity index (χ0v) is 15.9. The minimum absolute atomic E-state index is 1.29. The van der Waals surface area contributed by atoms with Gasteiger partial charge in [-0.1, -0.05) is 0 Å². The van der Waals surface area contributed by atoms with Crippen LogP contribution in [0, 0.1) is 0 Å². The van der Waals surface area contributed by atoms with Crippen molar-refractivity contribution in [3.63, 3.8) is 0 Å². The molecular formula is C13H33N3Sn. The van der Waals surface area contributed by atoms with Gasteiger partial charge in [0.05, 0.1) is 0 Å². The van der Waals surface area contributed by atoms with Crippen molar-refractivity contribution < 1.29 is 0 Å². The third-order valence-corrected chi connectivity index (χ3v) is 15.7. The summed E-state index contributed by atoms with van der Waals surface area (Å²) in [6, 6.07) is 0. The summed E-state index contributed by atoms with van der Waals surface area (Å²) in [5, 5.41) is 0. The van der Waals surface area contributed by atoms with Crippen LogP contribution in [0.15, 0.2) is 0 Å². The summed E-state index contributed by atoms with van der Waals surface area (Å²) in [5.74, 6) is 0. The second-order valence-corrected chi connectivity index (χ2v) is 21.1. The zero-order valence-electron chi connectivity index (χ0n) is 13.1. The van der Waals surface area contributed by atoms with E-state index in [2.05, 4.69) is 61.9 Å². The molecule has 0 saturated heterocycles. The molecule has 0 radical (unpaired) electrons. The maximum absolute atomic E-state index is 2.66. The van der Waals surface area contributed by atoms with Crippen LogP contribution in [0.3, 0.4) is 0 Å². The molecule has 17 heavy (non-hydrogen) atoms. The van der Waals surface area contributed by atoms with Gasteiger partial charge >= 0.3 is 113 Å². The van der Waals surface area contributed by atoms with Crippen molar-refractivity contribution in [2.24, 2.45) is 0 Å². The molecule has 0 heterocycles. The Labute approximate surface area is 113 Å². The Kier molecular flexibility index (Phi) is 9.07. The summed E-state index contributed by atoms with van der Waals surface area (Å²) >= 11 is -1.85. The Bertz CT molecular complexity index is 162. The summed E-state index contributed by atoms with van der Waals surface area (Å²) in [6.45, 7) is 3.86. The third-order valence-electron chi connectivity index (χ3n) is 3.49. The number of nitrogens with zero attached hydrogens (tertiary/aromatic N) is 3. The van der Waals surface area contributed by atoms with Gasteiger partial charge in [-0.15, -0.1) is 0 Å². The van der Waals surface area contributed by atoms with E-state index in [4.69, 9.17) is 0 Å². The summed E-state index contributed by atoms with van der Waals surface area (Å²) in [7, 11) is 13.2. The van der Waals surface area contributed by atoms with E-state index in [1.54, 1.807) is 0 Å². The topological polar surface area (TPSA) is 9.72 Å². The van der Waals surface area contributed by atoms with Crippen LogP contribution in [0.5, 0.6) is 0 Å². The van der Waals surface area contributed by atoms with Gasteiger partial charge in [0.15, 0.2) is 0 Å². The predicted octanol–water partition coefficient (Wildman–Crippen LogP) is 1.75. The molecule has 104 valence electrons. The van der Waals surface area contributed by atoms with Gasteiger partial charge in [0.1, 0.15) is 0 Å². The van der Waals surface area contributed by atoms with E-state index >= 15 is 0 Å². The monoisotopic (exact) mass is 351 g/mol. The molecule has 3 nitrogen and oxygen atoms in total.